The van der Waals surface area contributed by atoms with Gasteiger partial charge in [-0.05, 0) is 43.5 Å². The average Bonchev–Trinajstić information content (AvgIpc) is 2.39. The SMILES string of the molecule is CN1CCCC(c2ccc(C3(CN)COC3)cc2)C1. The molecule has 1 atom stereocenters. The molecule has 1 aromatic rings. The van der Waals surface area contributed by atoms with Crippen LogP contribution in [0.1, 0.15) is 29.9 Å². The number of likely N-dealkylation sites (N-methyl/N-ethyl adjacent to an activating group) is 1. The summed E-state index contributed by atoms with van der Waals surface area (Å²) >= 11 is 0. The van der Waals surface area contributed by atoms with Crippen molar-refractivity contribution in [1.82, 2.24) is 4.90 Å². The molecule has 3 rings (SSSR count). The predicted octanol–water partition coefficient (Wildman–Crippen LogP) is 1.72. The van der Waals surface area contributed by atoms with Crippen LogP contribution in [0.2, 0.25) is 0 Å². The minimum absolute atomic E-state index is 0.0852. The zero-order valence-electron chi connectivity index (χ0n) is 11.8. The Labute approximate surface area is 115 Å². The van der Waals surface area contributed by atoms with Crippen LogP contribution in [0.25, 0.3) is 0 Å². The summed E-state index contributed by atoms with van der Waals surface area (Å²) in [6, 6.07) is 9.13. The smallest absolute Gasteiger partial charge is 0.0597 e. The number of piperidine rings is 1. The first kappa shape index (κ1) is 13.1. The van der Waals surface area contributed by atoms with Crippen molar-refractivity contribution < 1.29 is 4.74 Å². The van der Waals surface area contributed by atoms with Crippen LogP contribution in [0.5, 0.6) is 0 Å². The van der Waals surface area contributed by atoms with Crippen molar-refractivity contribution in [3.63, 3.8) is 0 Å². The minimum Gasteiger partial charge on any atom is -0.379 e. The van der Waals surface area contributed by atoms with E-state index in [4.69, 9.17) is 10.5 Å². The molecule has 1 unspecified atom stereocenters. The van der Waals surface area contributed by atoms with Gasteiger partial charge in [-0.2, -0.15) is 0 Å². The summed E-state index contributed by atoms with van der Waals surface area (Å²) in [7, 11) is 2.22. The molecular weight excluding hydrogens is 236 g/mol. The second kappa shape index (κ2) is 5.23. The molecule has 3 heteroatoms. The highest BCUT2D eigenvalue weighted by atomic mass is 16.5. The second-order valence-corrected chi connectivity index (χ2v) is 6.20. The molecule has 2 heterocycles. The van der Waals surface area contributed by atoms with Gasteiger partial charge >= 0.3 is 0 Å². The van der Waals surface area contributed by atoms with Crippen LogP contribution in [0.3, 0.4) is 0 Å². The van der Waals surface area contributed by atoms with Gasteiger partial charge in [-0.1, -0.05) is 24.3 Å². The van der Waals surface area contributed by atoms with Crippen molar-refractivity contribution in [3.8, 4) is 0 Å². The van der Waals surface area contributed by atoms with Gasteiger partial charge in [-0.3, -0.25) is 0 Å². The van der Waals surface area contributed by atoms with Gasteiger partial charge in [-0.15, -0.1) is 0 Å². The summed E-state index contributed by atoms with van der Waals surface area (Å²) in [4.78, 5) is 2.43. The van der Waals surface area contributed by atoms with Crippen LogP contribution in [-0.2, 0) is 10.2 Å². The van der Waals surface area contributed by atoms with E-state index in [0.717, 1.165) is 13.2 Å². The fourth-order valence-electron chi connectivity index (χ4n) is 3.30. The zero-order chi connectivity index (χ0) is 13.3. The van der Waals surface area contributed by atoms with Crippen molar-refractivity contribution in [2.45, 2.75) is 24.2 Å². The maximum atomic E-state index is 5.91. The van der Waals surface area contributed by atoms with Crippen molar-refractivity contribution in [2.75, 3.05) is 39.9 Å². The molecule has 104 valence electrons. The molecule has 0 amide bonds. The number of nitrogens with zero attached hydrogens (tertiary/aromatic N) is 1. The van der Waals surface area contributed by atoms with E-state index < -0.39 is 0 Å². The van der Waals surface area contributed by atoms with Gasteiger partial charge in [0.25, 0.3) is 0 Å². The lowest BCUT2D eigenvalue weighted by Crippen LogP contribution is -2.52. The monoisotopic (exact) mass is 260 g/mol. The topological polar surface area (TPSA) is 38.5 Å². The van der Waals surface area contributed by atoms with Gasteiger partial charge in [0, 0.05) is 13.1 Å². The maximum absolute atomic E-state index is 5.91. The van der Waals surface area contributed by atoms with E-state index in [1.54, 1.807) is 0 Å². The van der Waals surface area contributed by atoms with Crippen LogP contribution in [0, 0.1) is 0 Å². The van der Waals surface area contributed by atoms with E-state index in [1.807, 2.05) is 0 Å². The van der Waals surface area contributed by atoms with Gasteiger partial charge in [-0.25, -0.2) is 0 Å². The van der Waals surface area contributed by atoms with Crippen LogP contribution in [0.15, 0.2) is 24.3 Å². The zero-order valence-corrected chi connectivity index (χ0v) is 11.8. The normalized spacial score (nSPS) is 26.9. The Balaban J connectivity index is 1.75. The van der Waals surface area contributed by atoms with Crippen LogP contribution < -0.4 is 5.73 Å². The second-order valence-electron chi connectivity index (χ2n) is 6.20. The molecule has 0 aliphatic carbocycles. The predicted molar refractivity (Wildman–Crippen MR) is 77.5 cm³/mol. The minimum atomic E-state index is 0.0852. The quantitative estimate of drug-likeness (QED) is 0.899. The number of nitrogens with two attached hydrogens (primary N) is 1. The van der Waals surface area contributed by atoms with E-state index in [-0.39, 0.29) is 5.41 Å². The Morgan fingerprint density at radius 1 is 1.32 bits per heavy atom. The summed E-state index contributed by atoms with van der Waals surface area (Å²) in [5.74, 6) is 0.694. The third-order valence-corrected chi connectivity index (χ3v) is 4.77. The maximum Gasteiger partial charge on any atom is 0.0597 e. The Morgan fingerprint density at radius 3 is 2.58 bits per heavy atom. The molecule has 2 aliphatic heterocycles. The fraction of sp³-hybridized carbons (Fsp3) is 0.625. The Kier molecular flexibility index (Phi) is 3.61. The molecule has 2 saturated heterocycles. The molecule has 1 aromatic carbocycles. The summed E-state index contributed by atoms with van der Waals surface area (Å²) in [6.45, 7) is 4.65. The van der Waals surface area contributed by atoms with E-state index in [1.165, 1.54) is 37.1 Å². The number of hydrogen-bond donors (Lipinski definition) is 1. The fourth-order valence-corrected chi connectivity index (χ4v) is 3.30. The van der Waals surface area contributed by atoms with Gasteiger partial charge < -0.3 is 15.4 Å². The highest BCUT2D eigenvalue weighted by Gasteiger charge is 2.38. The van der Waals surface area contributed by atoms with Crippen molar-refractivity contribution >= 4 is 0 Å². The molecule has 2 aliphatic rings. The summed E-state index contributed by atoms with van der Waals surface area (Å²) in [5.41, 5.74) is 8.81. The summed E-state index contributed by atoms with van der Waals surface area (Å²) in [5, 5.41) is 0. The molecular formula is C16H24N2O. The highest BCUT2D eigenvalue weighted by Crippen LogP contribution is 2.33. The third-order valence-electron chi connectivity index (χ3n) is 4.77. The van der Waals surface area contributed by atoms with E-state index in [2.05, 4.69) is 36.2 Å². The highest BCUT2D eigenvalue weighted by molar-refractivity contribution is 5.33. The lowest BCUT2D eigenvalue weighted by molar-refractivity contribution is -0.0550. The van der Waals surface area contributed by atoms with Gasteiger partial charge in [0.1, 0.15) is 0 Å². The first-order valence-electron chi connectivity index (χ1n) is 7.30. The van der Waals surface area contributed by atoms with Gasteiger partial charge in [0.05, 0.1) is 18.6 Å². The molecule has 0 bridgehead atoms. The Morgan fingerprint density at radius 2 is 2.05 bits per heavy atom. The number of benzene rings is 1. The average molecular weight is 260 g/mol. The standard InChI is InChI=1S/C16H24N2O/c1-18-8-2-3-14(9-18)13-4-6-15(7-5-13)16(10-17)11-19-12-16/h4-7,14H,2-3,8-12,17H2,1H3. The van der Waals surface area contributed by atoms with Crippen molar-refractivity contribution in [2.24, 2.45) is 5.73 Å². The Bertz CT molecular complexity index is 419. The number of rotatable bonds is 3. The molecule has 0 saturated carbocycles. The van der Waals surface area contributed by atoms with Crippen molar-refractivity contribution in [3.05, 3.63) is 35.4 Å². The number of ether oxygens (including phenoxy) is 1. The van der Waals surface area contributed by atoms with Crippen LogP contribution >= 0.6 is 0 Å². The molecule has 2 fully saturated rings. The molecule has 0 spiro atoms. The summed E-state index contributed by atoms with van der Waals surface area (Å²) < 4.78 is 5.36. The van der Waals surface area contributed by atoms with E-state index in [9.17, 15) is 0 Å². The first-order valence-corrected chi connectivity index (χ1v) is 7.30. The molecule has 0 aromatic heterocycles. The summed E-state index contributed by atoms with van der Waals surface area (Å²) in [6.07, 6.45) is 2.62. The number of likely N-dealkylation sites (tertiary alicyclic amines) is 1. The third kappa shape index (κ3) is 2.42. The number of hydrogen-bond acceptors (Lipinski definition) is 3. The largest absolute Gasteiger partial charge is 0.379 e. The van der Waals surface area contributed by atoms with Crippen molar-refractivity contribution in [1.29, 1.82) is 0 Å². The van der Waals surface area contributed by atoms with E-state index in [0.29, 0.717) is 12.5 Å². The van der Waals surface area contributed by atoms with E-state index >= 15 is 0 Å². The van der Waals surface area contributed by atoms with Crippen LogP contribution in [-0.4, -0.2) is 44.8 Å². The first-order chi connectivity index (χ1) is 9.23. The molecule has 3 nitrogen and oxygen atoms in total. The van der Waals surface area contributed by atoms with Gasteiger partial charge in [0.15, 0.2) is 0 Å². The molecule has 2 N–H and O–H groups in total. The Hall–Kier alpha value is -0.900. The molecule has 0 radical (unpaired) electrons. The molecule has 19 heavy (non-hydrogen) atoms. The lowest BCUT2D eigenvalue weighted by Gasteiger charge is -2.41. The van der Waals surface area contributed by atoms with Crippen LogP contribution in [0.4, 0.5) is 0 Å². The lowest BCUT2D eigenvalue weighted by atomic mass is 9.78. The van der Waals surface area contributed by atoms with Gasteiger partial charge in [0.2, 0.25) is 0 Å².